The molecule has 0 bridgehead atoms. The molecule has 1 aliphatic heterocycles. The Kier molecular flexibility index (Phi) is 4.48. The Bertz CT molecular complexity index is 521. The number of ether oxygens (including phenoxy) is 2. The van der Waals surface area contributed by atoms with Crippen molar-refractivity contribution in [1.82, 2.24) is 10.6 Å². The van der Waals surface area contributed by atoms with Crippen molar-refractivity contribution in [2.24, 2.45) is 5.92 Å². The molecular weight excluding hydrogens is 284 g/mol. The van der Waals surface area contributed by atoms with Crippen LogP contribution >= 0.6 is 12.2 Å². The highest BCUT2D eigenvalue weighted by Crippen LogP contribution is 2.32. The van der Waals surface area contributed by atoms with E-state index >= 15 is 0 Å². The van der Waals surface area contributed by atoms with Gasteiger partial charge in [-0.05, 0) is 48.7 Å². The van der Waals surface area contributed by atoms with E-state index in [4.69, 9.17) is 21.7 Å². The molecule has 1 aromatic rings. The van der Waals surface area contributed by atoms with Crippen molar-refractivity contribution < 1.29 is 9.47 Å². The summed E-state index contributed by atoms with van der Waals surface area (Å²) in [5.41, 5.74) is 1.14. The van der Waals surface area contributed by atoms with Gasteiger partial charge in [-0.1, -0.05) is 25.8 Å². The Morgan fingerprint density at radius 2 is 2.05 bits per heavy atom. The minimum Gasteiger partial charge on any atom is -0.454 e. The van der Waals surface area contributed by atoms with E-state index in [1.54, 1.807) is 0 Å². The lowest BCUT2D eigenvalue weighted by Crippen LogP contribution is -2.45. The van der Waals surface area contributed by atoms with Crippen LogP contribution in [0.25, 0.3) is 0 Å². The highest BCUT2D eigenvalue weighted by atomic mass is 32.1. The van der Waals surface area contributed by atoms with Crippen LogP contribution in [0.2, 0.25) is 0 Å². The van der Waals surface area contributed by atoms with Crippen molar-refractivity contribution in [3.05, 3.63) is 23.8 Å². The van der Waals surface area contributed by atoms with Gasteiger partial charge in [-0.2, -0.15) is 0 Å². The summed E-state index contributed by atoms with van der Waals surface area (Å²) in [6.45, 7) is 3.31. The quantitative estimate of drug-likeness (QED) is 0.841. The molecule has 0 unspecified atom stereocenters. The molecule has 0 saturated heterocycles. The van der Waals surface area contributed by atoms with Crippen molar-refractivity contribution >= 4 is 17.3 Å². The smallest absolute Gasteiger partial charge is 0.231 e. The van der Waals surface area contributed by atoms with Crippen LogP contribution < -0.4 is 20.1 Å². The first-order valence-electron chi connectivity index (χ1n) is 7.65. The maximum atomic E-state index is 5.41. The fourth-order valence-corrected chi connectivity index (χ4v) is 3.21. The summed E-state index contributed by atoms with van der Waals surface area (Å²) in [6.07, 6.45) is 5.15. The number of hydrogen-bond acceptors (Lipinski definition) is 3. The van der Waals surface area contributed by atoms with Crippen LogP contribution in [0, 0.1) is 5.92 Å². The van der Waals surface area contributed by atoms with Gasteiger partial charge >= 0.3 is 0 Å². The maximum Gasteiger partial charge on any atom is 0.231 e. The molecule has 0 aromatic heterocycles. The van der Waals surface area contributed by atoms with Gasteiger partial charge in [0.1, 0.15) is 0 Å². The second kappa shape index (κ2) is 6.52. The Labute approximate surface area is 131 Å². The first kappa shape index (κ1) is 14.4. The monoisotopic (exact) mass is 306 g/mol. The number of nitrogens with one attached hydrogen (secondary N) is 2. The van der Waals surface area contributed by atoms with Crippen LogP contribution in [0.15, 0.2) is 18.2 Å². The summed E-state index contributed by atoms with van der Waals surface area (Å²) in [5, 5.41) is 7.48. The molecule has 1 aromatic carbocycles. The SMILES string of the molecule is C[C@H]1CCCC[C@H]1NC(=S)NCc1ccc2c(c1)OCO2. The Hall–Kier alpha value is -1.49. The van der Waals surface area contributed by atoms with Crippen LogP contribution in [-0.4, -0.2) is 17.9 Å². The van der Waals surface area contributed by atoms with Crippen molar-refractivity contribution in [1.29, 1.82) is 0 Å². The lowest BCUT2D eigenvalue weighted by molar-refractivity contribution is 0.174. The minimum atomic E-state index is 0.311. The van der Waals surface area contributed by atoms with Gasteiger partial charge in [-0.15, -0.1) is 0 Å². The Morgan fingerprint density at radius 3 is 2.90 bits per heavy atom. The van der Waals surface area contributed by atoms with E-state index in [0.717, 1.165) is 22.2 Å². The summed E-state index contributed by atoms with van der Waals surface area (Å²) in [6, 6.07) is 6.49. The third kappa shape index (κ3) is 3.59. The van der Waals surface area contributed by atoms with E-state index < -0.39 is 0 Å². The van der Waals surface area contributed by atoms with Crippen LogP contribution in [0.1, 0.15) is 38.2 Å². The lowest BCUT2D eigenvalue weighted by atomic mass is 9.86. The predicted octanol–water partition coefficient (Wildman–Crippen LogP) is 2.96. The molecule has 2 N–H and O–H groups in total. The molecule has 1 aliphatic carbocycles. The fraction of sp³-hybridized carbons (Fsp3) is 0.562. The minimum absolute atomic E-state index is 0.311. The molecule has 2 atom stereocenters. The molecular formula is C16H22N2O2S. The van der Waals surface area contributed by atoms with E-state index in [0.29, 0.717) is 25.3 Å². The topological polar surface area (TPSA) is 42.5 Å². The molecule has 1 heterocycles. The first-order valence-corrected chi connectivity index (χ1v) is 8.06. The summed E-state index contributed by atoms with van der Waals surface area (Å²) in [5.74, 6) is 2.33. The zero-order chi connectivity index (χ0) is 14.7. The van der Waals surface area contributed by atoms with Gasteiger partial charge in [0.15, 0.2) is 16.6 Å². The van der Waals surface area contributed by atoms with Gasteiger partial charge in [0.2, 0.25) is 6.79 Å². The highest BCUT2D eigenvalue weighted by molar-refractivity contribution is 7.80. The van der Waals surface area contributed by atoms with Gasteiger partial charge in [-0.3, -0.25) is 0 Å². The standard InChI is InChI=1S/C16H22N2O2S/c1-11-4-2-3-5-13(11)18-16(21)17-9-12-6-7-14-15(8-12)20-10-19-14/h6-8,11,13H,2-5,9-10H2,1H3,(H2,17,18,21)/t11-,13+/m0/s1. The van der Waals surface area contributed by atoms with E-state index in [-0.39, 0.29) is 0 Å². The number of thiocarbonyl (C=S) groups is 1. The summed E-state index contributed by atoms with van der Waals surface area (Å²) in [4.78, 5) is 0. The van der Waals surface area contributed by atoms with Crippen LogP contribution in [0.4, 0.5) is 0 Å². The predicted molar refractivity (Wildman–Crippen MR) is 86.6 cm³/mol. The lowest BCUT2D eigenvalue weighted by Gasteiger charge is -2.30. The summed E-state index contributed by atoms with van der Waals surface area (Å²) in [7, 11) is 0. The number of fused-ring (bicyclic) bond motifs is 1. The fourth-order valence-electron chi connectivity index (χ4n) is 2.98. The third-order valence-corrected chi connectivity index (χ3v) is 4.58. The molecule has 5 heteroatoms. The third-order valence-electron chi connectivity index (χ3n) is 4.32. The van der Waals surface area contributed by atoms with E-state index in [9.17, 15) is 0 Å². The second-order valence-electron chi connectivity index (χ2n) is 5.88. The van der Waals surface area contributed by atoms with Gasteiger partial charge in [-0.25, -0.2) is 0 Å². The van der Waals surface area contributed by atoms with Crippen molar-refractivity contribution in [2.75, 3.05) is 6.79 Å². The first-order chi connectivity index (χ1) is 10.2. The van der Waals surface area contributed by atoms with Crippen LogP contribution in [0.3, 0.4) is 0 Å². The molecule has 114 valence electrons. The molecule has 0 radical (unpaired) electrons. The molecule has 0 spiro atoms. The molecule has 0 amide bonds. The Morgan fingerprint density at radius 1 is 1.24 bits per heavy atom. The molecule has 3 rings (SSSR count). The molecule has 2 aliphatic rings. The average molecular weight is 306 g/mol. The maximum absolute atomic E-state index is 5.41. The van der Waals surface area contributed by atoms with Crippen LogP contribution in [0.5, 0.6) is 11.5 Å². The number of rotatable bonds is 3. The normalized spacial score (nSPS) is 23.7. The van der Waals surface area contributed by atoms with Gasteiger partial charge in [0.25, 0.3) is 0 Å². The second-order valence-corrected chi connectivity index (χ2v) is 6.29. The average Bonchev–Trinajstić information content (AvgIpc) is 2.95. The van der Waals surface area contributed by atoms with Gasteiger partial charge in [0.05, 0.1) is 0 Å². The summed E-state index contributed by atoms with van der Waals surface area (Å²) < 4.78 is 10.7. The van der Waals surface area contributed by atoms with Crippen LogP contribution in [-0.2, 0) is 6.54 Å². The van der Waals surface area contributed by atoms with Crippen molar-refractivity contribution in [3.8, 4) is 11.5 Å². The molecule has 21 heavy (non-hydrogen) atoms. The highest BCUT2D eigenvalue weighted by Gasteiger charge is 2.21. The van der Waals surface area contributed by atoms with E-state index in [1.807, 2.05) is 18.2 Å². The molecule has 1 saturated carbocycles. The number of benzene rings is 1. The van der Waals surface area contributed by atoms with Gasteiger partial charge in [0, 0.05) is 12.6 Å². The van der Waals surface area contributed by atoms with E-state index in [1.165, 1.54) is 25.7 Å². The van der Waals surface area contributed by atoms with Gasteiger partial charge < -0.3 is 20.1 Å². The molecule has 1 fully saturated rings. The summed E-state index contributed by atoms with van der Waals surface area (Å²) >= 11 is 5.41. The Balaban J connectivity index is 1.49. The van der Waals surface area contributed by atoms with Crippen molar-refractivity contribution in [3.63, 3.8) is 0 Å². The zero-order valence-corrected chi connectivity index (χ0v) is 13.2. The molecule has 4 nitrogen and oxygen atoms in total. The van der Waals surface area contributed by atoms with E-state index in [2.05, 4.69) is 17.6 Å². The number of hydrogen-bond donors (Lipinski definition) is 2. The largest absolute Gasteiger partial charge is 0.454 e. The zero-order valence-electron chi connectivity index (χ0n) is 12.4. The van der Waals surface area contributed by atoms with Crippen molar-refractivity contribution in [2.45, 2.75) is 45.2 Å².